The van der Waals surface area contributed by atoms with Crippen LogP contribution in [0.1, 0.15) is 0 Å². The van der Waals surface area contributed by atoms with E-state index >= 15 is 0 Å². The fraction of sp³-hybridized carbons (Fsp3) is 0.143. The molecule has 12 heavy (non-hydrogen) atoms. The molecule has 0 saturated heterocycles. The highest BCUT2D eigenvalue weighted by Crippen LogP contribution is 1.91. The van der Waals surface area contributed by atoms with Crippen LogP contribution < -0.4 is 5.73 Å². The Labute approximate surface area is 70.6 Å². The number of nitrogens with zero attached hydrogens (tertiary/aromatic N) is 3. The van der Waals surface area contributed by atoms with Crippen LogP contribution in [-0.2, 0) is 0 Å². The second kappa shape index (κ2) is 3.56. The lowest BCUT2D eigenvalue weighted by Gasteiger charge is -2.14. The smallest absolute Gasteiger partial charge is 0.207 e. The van der Waals surface area contributed by atoms with E-state index in [-0.39, 0.29) is 0 Å². The van der Waals surface area contributed by atoms with Gasteiger partial charge in [0.2, 0.25) is 5.96 Å². The molecular weight excluding hydrogens is 154 g/mol. The van der Waals surface area contributed by atoms with Crippen molar-refractivity contribution in [2.24, 2.45) is 5.73 Å². The van der Waals surface area contributed by atoms with Crippen molar-refractivity contribution in [3.63, 3.8) is 0 Å². The summed E-state index contributed by atoms with van der Waals surface area (Å²) in [5, 5.41) is 7.60. The first kappa shape index (κ1) is 8.32. The molecule has 0 aliphatic rings. The Morgan fingerprint density at radius 3 is 3.00 bits per heavy atom. The topological polar surface area (TPSA) is 70.9 Å². The van der Waals surface area contributed by atoms with E-state index in [9.17, 15) is 0 Å². The molecule has 1 aromatic rings. The standard InChI is InChI=1S/C7H11N5/c1-11(4-2-8)7(9)12-5-3-10-6-12/h2-6,9H,8H2,1H3/b4-2-,9-7?. The maximum absolute atomic E-state index is 7.60. The molecule has 0 saturated carbocycles. The van der Waals surface area contributed by atoms with Gasteiger partial charge in [-0.1, -0.05) is 0 Å². The third-order valence-corrected chi connectivity index (χ3v) is 1.39. The second-order valence-electron chi connectivity index (χ2n) is 2.25. The largest absolute Gasteiger partial charge is 0.403 e. The molecule has 0 bridgehead atoms. The molecule has 0 unspecified atom stereocenters. The highest BCUT2D eigenvalue weighted by molar-refractivity contribution is 5.79. The fourth-order valence-electron chi connectivity index (χ4n) is 0.766. The SMILES string of the molecule is CN(/C=C\N)C(=N)n1ccnc1. The van der Waals surface area contributed by atoms with Crippen molar-refractivity contribution in [1.29, 1.82) is 5.41 Å². The average molecular weight is 165 g/mol. The van der Waals surface area contributed by atoms with E-state index in [4.69, 9.17) is 11.1 Å². The zero-order valence-corrected chi connectivity index (χ0v) is 6.81. The molecule has 0 aliphatic heterocycles. The first-order valence-corrected chi connectivity index (χ1v) is 3.44. The van der Waals surface area contributed by atoms with Crippen LogP contribution in [0.3, 0.4) is 0 Å². The number of hydrogen-bond acceptors (Lipinski definition) is 3. The van der Waals surface area contributed by atoms with Gasteiger partial charge in [-0.2, -0.15) is 0 Å². The van der Waals surface area contributed by atoms with Gasteiger partial charge in [0, 0.05) is 31.8 Å². The van der Waals surface area contributed by atoms with Crippen LogP contribution >= 0.6 is 0 Å². The van der Waals surface area contributed by atoms with Crippen molar-refractivity contribution in [1.82, 2.24) is 14.5 Å². The number of aromatic nitrogens is 2. The monoisotopic (exact) mass is 165 g/mol. The highest BCUT2D eigenvalue weighted by Gasteiger charge is 2.01. The van der Waals surface area contributed by atoms with E-state index in [1.54, 1.807) is 41.4 Å². The normalized spacial score (nSPS) is 10.4. The quantitative estimate of drug-likeness (QED) is 0.455. The lowest BCUT2D eigenvalue weighted by Crippen LogP contribution is -2.26. The molecule has 1 heterocycles. The lowest BCUT2D eigenvalue weighted by molar-refractivity contribution is 0.646. The number of nitrogens with one attached hydrogen (secondary N) is 1. The summed E-state index contributed by atoms with van der Waals surface area (Å²) >= 11 is 0. The van der Waals surface area contributed by atoms with E-state index in [0.717, 1.165) is 0 Å². The molecule has 0 atom stereocenters. The van der Waals surface area contributed by atoms with Gasteiger partial charge in [0.1, 0.15) is 6.33 Å². The molecule has 5 heteroatoms. The Hall–Kier alpha value is -1.78. The molecule has 0 fully saturated rings. The van der Waals surface area contributed by atoms with Crippen LogP contribution in [-0.4, -0.2) is 27.5 Å². The van der Waals surface area contributed by atoms with E-state index in [1.165, 1.54) is 6.20 Å². The zero-order valence-electron chi connectivity index (χ0n) is 6.81. The summed E-state index contributed by atoms with van der Waals surface area (Å²) in [6, 6.07) is 0. The molecule has 64 valence electrons. The molecule has 0 amide bonds. The second-order valence-corrected chi connectivity index (χ2v) is 2.25. The zero-order chi connectivity index (χ0) is 8.97. The molecule has 0 aromatic carbocycles. The van der Waals surface area contributed by atoms with Crippen molar-refractivity contribution >= 4 is 5.96 Å². The van der Waals surface area contributed by atoms with Gasteiger partial charge in [0.25, 0.3) is 0 Å². The first-order chi connectivity index (χ1) is 5.75. The predicted octanol–water partition coefficient (Wildman–Crippen LogP) is 0.0277. The maximum atomic E-state index is 7.60. The van der Waals surface area contributed by atoms with Gasteiger partial charge in [-0.15, -0.1) is 0 Å². The number of rotatable bonds is 1. The summed E-state index contributed by atoms with van der Waals surface area (Å²) in [4.78, 5) is 5.41. The molecule has 0 spiro atoms. The van der Waals surface area contributed by atoms with Crippen molar-refractivity contribution < 1.29 is 0 Å². The van der Waals surface area contributed by atoms with Crippen molar-refractivity contribution in [2.75, 3.05) is 7.05 Å². The van der Waals surface area contributed by atoms with Gasteiger partial charge in [-0.25, -0.2) is 4.98 Å². The summed E-state index contributed by atoms with van der Waals surface area (Å²) in [7, 11) is 1.74. The van der Waals surface area contributed by atoms with Gasteiger partial charge in [-0.3, -0.25) is 9.98 Å². The Morgan fingerprint density at radius 2 is 2.50 bits per heavy atom. The van der Waals surface area contributed by atoms with Gasteiger partial charge >= 0.3 is 0 Å². The maximum Gasteiger partial charge on any atom is 0.207 e. The third kappa shape index (κ3) is 1.63. The number of hydrogen-bond donors (Lipinski definition) is 2. The predicted molar refractivity (Wildman–Crippen MR) is 46.4 cm³/mol. The molecule has 1 rings (SSSR count). The van der Waals surface area contributed by atoms with Crippen LogP contribution in [0, 0.1) is 5.41 Å². The molecule has 1 aromatic heterocycles. The summed E-state index contributed by atoms with van der Waals surface area (Å²) in [6.07, 6.45) is 7.86. The Morgan fingerprint density at radius 1 is 1.75 bits per heavy atom. The highest BCUT2D eigenvalue weighted by atomic mass is 15.3. The van der Waals surface area contributed by atoms with Crippen LogP contribution in [0.4, 0.5) is 0 Å². The molecule has 0 radical (unpaired) electrons. The minimum absolute atomic E-state index is 0.300. The summed E-state index contributed by atoms with van der Waals surface area (Å²) < 4.78 is 1.58. The molecule has 5 nitrogen and oxygen atoms in total. The minimum atomic E-state index is 0.300. The number of nitrogens with two attached hydrogens (primary N) is 1. The molecule has 3 N–H and O–H groups in total. The van der Waals surface area contributed by atoms with Crippen molar-refractivity contribution in [3.05, 3.63) is 31.1 Å². The number of imidazole rings is 1. The fourth-order valence-corrected chi connectivity index (χ4v) is 0.766. The van der Waals surface area contributed by atoms with Crippen LogP contribution in [0.15, 0.2) is 31.1 Å². The first-order valence-electron chi connectivity index (χ1n) is 3.44. The van der Waals surface area contributed by atoms with Crippen molar-refractivity contribution in [2.45, 2.75) is 0 Å². The van der Waals surface area contributed by atoms with Crippen LogP contribution in [0.5, 0.6) is 0 Å². The summed E-state index contributed by atoms with van der Waals surface area (Å²) in [6.45, 7) is 0. The van der Waals surface area contributed by atoms with E-state index in [1.807, 2.05) is 0 Å². The summed E-state index contributed by atoms with van der Waals surface area (Å²) in [5.74, 6) is 0.300. The van der Waals surface area contributed by atoms with Gasteiger partial charge in [0.05, 0.1) is 0 Å². The molecule has 0 aliphatic carbocycles. The van der Waals surface area contributed by atoms with Gasteiger partial charge < -0.3 is 10.6 Å². The third-order valence-electron chi connectivity index (χ3n) is 1.39. The Balaban J connectivity index is 2.72. The average Bonchev–Trinajstić information content (AvgIpc) is 2.55. The van der Waals surface area contributed by atoms with Crippen molar-refractivity contribution in [3.8, 4) is 0 Å². The lowest BCUT2D eigenvalue weighted by atomic mass is 10.7. The van der Waals surface area contributed by atoms with Gasteiger partial charge in [0.15, 0.2) is 0 Å². The van der Waals surface area contributed by atoms with E-state index in [0.29, 0.717) is 5.96 Å². The summed E-state index contributed by atoms with van der Waals surface area (Å²) in [5.41, 5.74) is 5.18. The van der Waals surface area contributed by atoms with E-state index < -0.39 is 0 Å². The van der Waals surface area contributed by atoms with Gasteiger partial charge in [-0.05, 0) is 0 Å². The Kier molecular flexibility index (Phi) is 2.47. The molecular formula is C7H11N5. The van der Waals surface area contributed by atoms with Crippen LogP contribution in [0.2, 0.25) is 0 Å². The minimum Gasteiger partial charge on any atom is -0.403 e. The van der Waals surface area contributed by atoms with Crippen LogP contribution in [0.25, 0.3) is 0 Å². The van der Waals surface area contributed by atoms with E-state index in [2.05, 4.69) is 4.98 Å². The Bertz CT molecular complexity index is 274.